The van der Waals surface area contributed by atoms with Gasteiger partial charge in [0.2, 0.25) is 15.9 Å². The molecule has 4 rings (SSSR count). The molecule has 0 spiro atoms. The second kappa shape index (κ2) is 6.68. The number of benzene rings is 2. The van der Waals surface area contributed by atoms with Crippen LogP contribution in [0.5, 0.6) is 0 Å². The number of aryl methyl sites for hydroxylation is 1. The van der Waals surface area contributed by atoms with Crippen LogP contribution in [0.4, 0.5) is 5.69 Å². The number of carbonyl (C=O) groups is 1. The molecule has 1 aliphatic heterocycles. The van der Waals surface area contributed by atoms with Gasteiger partial charge in [0.15, 0.2) is 0 Å². The summed E-state index contributed by atoms with van der Waals surface area (Å²) >= 11 is 5.95. The van der Waals surface area contributed by atoms with Gasteiger partial charge in [-0.25, -0.2) is 13.1 Å². The average molecular weight is 391 g/mol. The van der Waals surface area contributed by atoms with Gasteiger partial charge in [-0.2, -0.15) is 0 Å². The van der Waals surface area contributed by atoms with Gasteiger partial charge < -0.3 is 5.32 Å². The number of amides is 1. The Labute approximate surface area is 157 Å². The molecular formula is C19H19ClN2O3S. The molecule has 2 aromatic rings. The Morgan fingerprint density at radius 1 is 1.08 bits per heavy atom. The Morgan fingerprint density at radius 3 is 2.50 bits per heavy atom. The number of halogens is 1. The van der Waals surface area contributed by atoms with Crippen molar-refractivity contribution >= 4 is 33.2 Å². The minimum absolute atomic E-state index is 0.0391. The first kappa shape index (κ1) is 17.5. The summed E-state index contributed by atoms with van der Waals surface area (Å²) in [4.78, 5) is 11.7. The molecule has 0 saturated heterocycles. The van der Waals surface area contributed by atoms with Crippen LogP contribution in [-0.4, -0.2) is 14.3 Å². The highest BCUT2D eigenvalue weighted by Gasteiger charge is 2.35. The first-order valence-electron chi connectivity index (χ1n) is 8.63. The summed E-state index contributed by atoms with van der Waals surface area (Å²) in [5, 5.41) is 3.40. The molecule has 2 aromatic carbocycles. The lowest BCUT2D eigenvalue weighted by molar-refractivity contribution is -0.116. The van der Waals surface area contributed by atoms with Crippen LogP contribution in [0.25, 0.3) is 0 Å². The van der Waals surface area contributed by atoms with Gasteiger partial charge in [0.05, 0.1) is 4.90 Å². The standard InChI is InChI=1S/C19H19ClN2O3S/c20-15-6-3-13(4-7-15)19(12-1-2-12)22-26(24,25)16-8-9-17-14(11-16)5-10-18(23)21-17/h3-4,6-9,11-12,19,22H,1-2,5,10H2,(H,21,23). The van der Waals surface area contributed by atoms with E-state index in [-0.39, 0.29) is 16.8 Å². The van der Waals surface area contributed by atoms with E-state index in [1.807, 2.05) is 12.1 Å². The lowest BCUT2D eigenvalue weighted by atomic mass is 10.0. The topological polar surface area (TPSA) is 75.3 Å². The number of hydrogen-bond acceptors (Lipinski definition) is 3. The lowest BCUT2D eigenvalue weighted by Gasteiger charge is -2.21. The maximum Gasteiger partial charge on any atom is 0.241 e. The number of hydrogen-bond donors (Lipinski definition) is 2. The maximum absolute atomic E-state index is 12.9. The van der Waals surface area contributed by atoms with Crippen LogP contribution in [0.2, 0.25) is 5.02 Å². The van der Waals surface area contributed by atoms with Crippen LogP contribution in [0, 0.1) is 5.92 Å². The molecule has 0 aromatic heterocycles. The molecule has 1 unspecified atom stereocenters. The van der Waals surface area contributed by atoms with Gasteiger partial charge >= 0.3 is 0 Å². The third-order valence-electron chi connectivity index (χ3n) is 4.89. The summed E-state index contributed by atoms with van der Waals surface area (Å²) in [5.74, 6) is 0.269. The van der Waals surface area contributed by atoms with E-state index in [0.717, 1.165) is 24.0 Å². The fourth-order valence-electron chi connectivity index (χ4n) is 3.30. The molecule has 1 heterocycles. The zero-order valence-electron chi connectivity index (χ0n) is 14.0. The summed E-state index contributed by atoms with van der Waals surface area (Å²) in [7, 11) is -3.67. The van der Waals surface area contributed by atoms with Crippen LogP contribution >= 0.6 is 11.6 Å². The summed E-state index contributed by atoms with van der Waals surface area (Å²) < 4.78 is 28.7. The van der Waals surface area contributed by atoms with E-state index in [2.05, 4.69) is 10.0 Å². The predicted octanol–water partition coefficient (Wildman–Crippen LogP) is 3.65. The van der Waals surface area contributed by atoms with Crippen LogP contribution < -0.4 is 10.0 Å². The molecule has 0 radical (unpaired) electrons. The Kier molecular flexibility index (Phi) is 4.50. The van der Waals surface area contributed by atoms with Crippen molar-refractivity contribution in [3.05, 3.63) is 58.6 Å². The fraction of sp³-hybridized carbons (Fsp3) is 0.316. The molecule has 1 atom stereocenters. The molecule has 1 aliphatic carbocycles. The van der Waals surface area contributed by atoms with Crippen LogP contribution in [0.3, 0.4) is 0 Å². The van der Waals surface area contributed by atoms with Gasteiger partial charge in [-0.05, 0) is 66.6 Å². The number of anilines is 1. The normalized spacial score (nSPS) is 18.1. The summed E-state index contributed by atoms with van der Waals surface area (Å²) in [6, 6.07) is 11.9. The van der Waals surface area contributed by atoms with Crippen molar-refractivity contribution < 1.29 is 13.2 Å². The van der Waals surface area contributed by atoms with Crippen LogP contribution in [0.1, 0.15) is 36.4 Å². The minimum atomic E-state index is -3.67. The molecule has 7 heteroatoms. The average Bonchev–Trinajstić information content (AvgIpc) is 3.45. The van der Waals surface area contributed by atoms with E-state index < -0.39 is 10.0 Å². The SMILES string of the molecule is O=C1CCc2cc(S(=O)(=O)NC(c3ccc(Cl)cc3)C3CC3)ccc2N1. The van der Waals surface area contributed by atoms with Crippen molar-refractivity contribution in [2.45, 2.75) is 36.6 Å². The largest absolute Gasteiger partial charge is 0.326 e. The quantitative estimate of drug-likeness (QED) is 0.818. The Hall–Kier alpha value is -1.89. The van der Waals surface area contributed by atoms with Crippen LogP contribution in [0.15, 0.2) is 47.4 Å². The van der Waals surface area contributed by atoms with Gasteiger partial charge in [-0.15, -0.1) is 0 Å². The van der Waals surface area contributed by atoms with Crippen molar-refractivity contribution in [3.63, 3.8) is 0 Å². The lowest BCUT2D eigenvalue weighted by Crippen LogP contribution is -2.30. The van der Waals surface area contributed by atoms with Crippen molar-refractivity contribution in [1.82, 2.24) is 4.72 Å². The molecule has 5 nitrogen and oxygen atoms in total. The Balaban J connectivity index is 1.61. The maximum atomic E-state index is 12.9. The van der Waals surface area contributed by atoms with E-state index in [1.54, 1.807) is 30.3 Å². The van der Waals surface area contributed by atoms with Crippen molar-refractivity contribution in [3.8, 4) is 0 Å². The Bertz CT molecular complexity index is 953. The first-order valence-corrected chi connectivity index (χ1v) is 10.5. The number of sulfonamides is 1. The smallest absolute Gasteiger partial charge is 0.241 e. The minimum Gasteiger partial charge on any atom is -0.326 e. The third kappa shape index (κ3) is 3.63. The van der Waals surface area contributed by atoms with Crippen molar-refractivity contribution in [2.75, 3.05) is 5.32 Å². The monoisotopic (exact) mass is 390 g/mol. The van der Waals surface area contributed by atoms with E-state index in [9.17, 15) is 13.2 Å². The highest BCUT2D eigenvalue weighted by Crippen LogP contribution is 2.42. The van der Waals surface area contributed by atoms with Gasteiger partial charge in [0.1, 0.15) is 0 Å². The molecule has 2 aliphatic rings. The van der Waals surface area contributed by atoms with Crippen LogP contribution in [-0.2, 0) is 21.2 Å². The first-order chi connectivity index (χ1) is 12.4. The van der Waals surface area contributed by atoms with E-state index >= 15 is 0 Å². The molecule has 1 saturated carbocycles. The molecule has 136 valence electrons. The second-order valence-corrected chi connectivity index (χ2v) is 9.01. The second-order valence-electron chi connectivity index (χ2n) is 6.86. The molecular weight excluding hydrogens is 372 g/mol. The van der Waals surface area contributed by atoms with Gasteiger partial charge in [0.25, 0.3) is 0 Å². The van der Waals surface area contributed by atoms with Gasteiger partial charge in [-0.1, -0.05) is 23.7 Å². The van der Waals surface area contributed by atoms with Crippen molar-refractivity contribution in [2.24, 2.45) is 5.92 Å². The highest BCUT2D eigenvalue weighted by molar-refractivity contribution is 7.89. The number of rotatable bonds is 5. The van der Waals surface area contributed by atoms with E-state index in [4.69, 9.17) is 11.6 Å². The number of carbonyl (C=O) groups excluding carboxylic acids is 1. The third-order valence-corrected chi connectivity index (χ3v) is 6.58. The summed E-state index contributed by atoms with van der Waals surface area (Å²) in [6.45, 7) is 0. The molecule has 1 amide bonds. The number of fused-ring (bicyclic) bond motifs is 1. The zero-order chi connectivity index (χ0) is 18.3. The summed E-state index contributed by atoms with van der Waals surface area (Å²) in [6.07, 6.45) is 2.94. The highest BCUT2D eigenvalue weighted by atomic mass is 35.5. The summed E-state index contributed by atoms with van der Waals surface area (Å²) in [5.41, 5.74) is 2.46. The predicted molar refractivity (Wildman–Crippen MR) is 101 cm³/mol. The van der Waals surface area contributed by atoms with E-state index in [0.29, 0.717) is 29.5 Å². The van der Waals surface area contributed by atoms with Crippen molar-refractivity contribution in [1.29, 1.82) is 0 Å². The molecule has 0 bridgehead atoms. The fourth-order valence-corrected chi connectivity index (χ4v) is 4.77. The number of nitrogens with one attached hydrogen (secondary N) is 2. The van der Waals surface area contributed by atoms with E-state index in [1.165, 1.54) is 0 Å². The Morgan fingerprint density at radius 2 is 1.81 bits per heavy atom. The zero-order valence-corrected chi connectivity index (χ0v) is 15.6. The molecule has 2 N–H and O–H groups in total. The molecule has 26 heavy (non-hydrogen) atoms. The van der Waals surface area contributed by atoms with Gasteiger partial charge in [-0.3, -0.25) is 4.79 Å². The van der Waals surface area contributed by atoms with Gasteiger partial charge in [0, 0.05) is 23.2 Å². The molecule has 1 fully saturated rings.